The highest BCUT2D eigenvalue weighted by Gasteiger charge is 2.32. The standard InChI is InChI=1S/C14H21N3O3/c1-8-6-7-10(9(2)15-8)16-13(20)17-11(12(18)19)14(3,4)5/h6-7,11H,1-5H3,(H,18,19)(H2,16,17,20)/t11-/m1/s1. The molecule has 0 saturated heterocycles. The number of carboxylic acid groups (broad SMARTS) is 1. The van der Waals surface area contributed by atoms with Crippen LogP contribution in [-0.2, 0) is 4.79 Å². The number of nitrogens with one attached hydrogen (secondary N) is 2. The summed E-state index contributed by atoms with van der Waals surface area (Å²) in [7, 11) is 0. The second-order valence-electron chi connectivity index (χ2n) is 5.82. The predicted octanol–water partition coefficient (Wildman–Crippen LogP) is 2.32. The van der Waals surface area contributed by atoms with Crippen LogP contribution in [0, 0.1) is 19.3 Å². The van der Waals surface area contributed by atoms with Crippen molar-refractivity contribution < 1.29 is 14.7 Å². The fraction of sp³-hybridized carbons (Fsp3) is 0.500. The number of nitrogens with zero attached hydrogens (tertiary/aromatic N) is 1. The second-order valence-corrected chi connectivity index (χ2v) is 5.82. The van der Waals surface area contributed by atoms with Gasteiger partial charge in [-0.25, -0.2) is 9.59 Å². The number of aliphatic carboxylic acids is 1. The number of amides is 2. The van der Waals surface area contributed by atoms with Gasteiger partial charge in [-0.05, 0) is 31.4 Å². The van der Waals surface area contributed by atoms with Crippen LogP contribution >= 0.6 is 0 Å². The van der Waals surface area contributed by atoms with Crippen LogP contribution in [-0.4, -0.2) is 28.1 Å². The first kappa shape index (κ1) is 15.9. The van der Waals surface area contributed by atoms with Crippen molar-refractivity contribution in [2.24, 2.45) is 5.41 Å². The Morgan fingerprint density at radius 3 is 2.30 bits per heavy atom. The average molecular weight is 279 g/mol. The van der Waals surface area contributed by atoms with Gasteiger partial charge in [0.25, 0.3) is 0 Å². The summed E-state index contributed by atoms with van der Waals surface area (Å²) in [6.45, 7) is 8.90. The minimum absolute atomic E-state index is 0.555. The Balaban J connectivity index is 2.79. The third-order valence-electron chi connectivity index (χ3n) is 2.86. The summed E-state index contributed by atoms with van der Waals surface area (Å²) in [5, 5.41) is 14.2. The Hall–Kier alpha value is -2.11. The molecule has 110 valence electrons. The molecule has 1 atom stereocenters. The van der Waals surface area contributed by atoms with Crippen LogP contribution in [0.2, 0.25) is 0 Å². The number of rotatable bonds is 3. The van der Waals surface area contributed by atoms with Crippen LogP contribution in [0.3, 0.4) is 0 Å². The minimum atomic E-state index is -1.06. The Bertz CT molecular complexity index is 521. The summed E-state index contributed by atoms with van der Waals surface area (Å²) in [6.07, 6.45) is 0. The number of anilines is 1. The van der Waals surface area contributed by atoms with Crippen LogP contribution in [0.25, 0.3) is 0 Å². The van der Waals surface area contributed by atoms with Gasteiger partial charge < -0.3 is 15.7 Å². The molecule has 0 aliphatic rings. The van der Waals surface area contributed by atoms with E-state index in [9.17, 15) is 9.59 Å². The summed E-state index contributed by atoms with van der Waals surface area (Å²) in [5.74, 6) is -1.06. The molecule has 0 aromatic carbocycles. The van der Waals surface area contributed by atoms with Gasteiger partial charge >= 0.3 is 12.0 Å². The molecule has 0 unspecified atom stereocenters. The summed E-state index contributed by atoms with van der Waals surface area (Å²) >= 11 is 0. The van der Waals surface area contributed by atoms with Crippen molar-refractivity contribution >= 4 is 17.7 Å². The number of hydrogen-bond donors (Lipinski definition) is 3. The first-order valence-electron chi connectivity index (χ1n) is 6.36. The third kappa shape index (κ3) is 4.22. The molecule has 3 N–H and O–H groups in total. The lowest BCUT2D eigenvalue weighted by molar-refractivity contribution is -0.141. The molecule has 1 aromatic rings. The van der Waals surface area contributed by atoms with Gasteiger partial charge in [0, 0.05) is 5.69 Å². The van der Waals surface area contributed by atoms with E-state index in [2.05, 4.69) is 15.6 Å². The lowest BCUT2D eigenvalue weighted by Gasteiger charge is -2.27. The van der Waals surface area contributed by atoms with Crippen LogP contribution < -0.4 is 10.6 Å². The smallest absolute Gasteiger partial charge is 0.326 e. The highest BCUT2D eigenvalue weighted by Crippen LogP contribution is 2.20. The zero-order valence-corrected chi connectivity index (χ0v) is 12.4. The highest BCUT2D eigenvalue weighted by atomic mass is 16.4. The average Bonchev–Trinajstić information content (AvgIpc) is 2.28. The summed E-state index contributed by atoms with van der Waals surface area (Å²) in [6, 6.07) is 1.99. The molecular weight excluding hydrogens is 258 g/mol. The number of carbonyl (C=O) groups excluding carboxylic acids is 1. The zero-order chi connectivity index (χ0) is 15.5. The highest BCUT2D eigenvalue weighted by molar-refractivity contribution is 5.92. The van der Waals surface area contributed by atoms with E-state index < -0.39 is 23.5 Å². The van der Waals surface area contributed by atoms with Gasteiger partial charge in [-0.15, -0.1) is 0 Å². The number of aryl methyl sites for hydroxylation is 2. The van der Waals surface area contributed by atoms with Crippen LogP contribution in [0.15, 0.2) is 12.1 Å². The van der Waals surface area contributed by atoms with E-state index in [1.54, 1.807) is 39.8 Å². The van der Waals surface area contributed by atoms with Gasteiger partial charge in [0.05, 0.1) is 11.4 Å². The minimum Gasteiger partial charge on any atom is -0.480 e. The molecule has 0 aliphatic heterocycles. The lowest BCUT2D eigenvalue weighted by atomic mass is 9.87. The molecular formula is C14H21N3O3. The van der Waals surface area contributed by atoms with E-state index >= 15 is 0 Å². The van der Waals surface area contributed by atoms with Gasteiger partial charge in [-0.2, -0.15) is 0 Å². The van der Waals surface area contributed by atoms with Crippen molar-refractivity contribution in [1.82, 2.24) is 10.3 Å². The Morgan fingerprint density at radius 2 is 1.85 bits per heavy atom. The number of hydrogen-bond acceptors (Lipinski definition) is 3. The molecule has 0 radical (unpaired) electrons. The Kier molecular flexibility index (Phi) is 4.70. The molecule has 2 amide bonds. The monoisotopic (exact) mass is 279 g/mol. The maximum atomic E-state index is 11.9. The molecule has 0 bridgehead atoms. The van der Waals surface area contributed by atoms with Crippen molar-refractivity contribution in [1.29, 1.82) is 0 Å². The van der Waals surface area contributed by atoms with E-state index in [0.717, 1.165) is 5.69 Å². The number of aromatic nitrogens is 1. The topological polar surface area (TPSA) is 91.3 Å². The first-order valence-corrected chi connectivity index (χ1v) is 6.36. The summed E-state index contributed by atoms with van der Waals surface area (Å²) < 4.78 is 0. The molecule has 0 aliphatic carbocycles. The van der Waals surface area contributed by atoms with Crippen LogP contribution in [0.4, 0.5) is 10.5 Å². The fourth-order valence-corrected chi connectivity index (χ4v) is 1.76. The molecule has 6 nitrogen and oxygen atoms in total. The van der Waals surface area contributed by atoms with Crippen molar-refractivity contribution in [3.63, 3.8) is 0 Å². The maximum absolute atomic E-state index is 11.9. The summed E-state index contributed by atoms with van der Waals surface area (Å²) in [4.78, 5) is 27.3. The van der Waals surface area contributed by atoms with Crippen molar-refractivity contribution in [2.75, 3.05) is 5.32 Å². The Morgan fingerprint density at radius 1 is 1.25 bits per heavy atom. The number of pyridine rings is 1. The number of carbonyl (C=O) groups is 2. The van der Waals surface area contributed by atoms with Gasteiger partial charge in [0.1, 0.15) is 6.04 Å². The number of carboxylic acids is 1. The second kappa shape index (κ2) is 5.90. The predicted molar refractivity (Wildman–Crippen MR) is 76.7 cm³/mol. The molecule has 0 saturated carbocycles. The van der Waals surface area contributed by atoms with Crippen molar-refractivity contribution in [2.45, 2.75) is 40.7 Å². The van der Waals surface area contributed by atoms with Crippen molar-refractivity contribution in [3.05, 3.63) is 23.5 Å². The van der Waals surface area contributed by atoms with Gasteiger partial charge in [0.15, 0.2) is 0 Å². The lowest BCUT2D eigenvalue weighted by Crippen LogP contribution is -2.50. The molecule has 6 heteroatoms. The molecule has 0 spiro atoms. The zero-order valence-electron chi connectivity index (χ0n) is 12.4. The van der Waals surface area contributed by atoms with E-state index in [1.165, 1.54) is 0 Å². The van der Waals surface area contributed by atoms with E-state index in [4.69, 9.17) is 5.11 Å². The van der Waals surface area contributed by atoms with E-state index in [1.807, 2.05) is 6.92 Å². The van der Waals surface area contributed by atoms with Gasteiger partial charge in [-0.1, -0.05) is 20.8 Å². The van der Waals surface area contributed by atoms with Crippen LogP contribution in [0.1, 0.15) is 32.2 Å². The SMILES string of the molecule is Cc1ccc(NC(=O)N[C@H](C(=O)O)C(C)(C)C)c(C)n1. The maximum Gasteiger partial charge on any atom is 0.326 e. The first-order chi connectivity index (χ1) is 9.11. The normalized spacial score (nSPS) is 12.7. The third-order valence-corrected chi connectivity index (χ3v) is 2.86. The van der Waals surface area contributed by atoms with Gasteiger partial charge in [-0.3, -0.25) is 4.98 Å². The molecule has 1 heterocycles. The summed E-state index contributed by atoms with van der Waals surface area (Å²) in [5.41, 5.74) is 1.52. The quantitative estimate of drug-likeness (QED) is 0.791. The Labute approximate surface area is 118 Å². The molecule has 20 heavy (non-hydrogen) atoms. The molecule has 1 aromatic heterocycles. The van der Waals surface area contributed by atoms with Crippen LogP contribution in [0.5, 0.6) is 0 Å². The molecule has 1 rings (SSSR count). The molecule has 0 fully saturated rings. The fourth-order valence-electron chi connectivity index (χ4n) is 1.76. The van der Waals surface area contributed by atoms with E-state index in [-0.39, 0.29) is 0 Å². The van der Waals surface area contributed by atoms with Crippen molar-refractivity contribution in [3.8, 4) is 0 Å². The van der Waals surface area contributed by atoms with E-state index in [0.29, 0.717) is 11.4 Å². The number of urea groups is 1. The largest absolute Gasteiger partial charge is 0.480 e. The van der Waals surface area contributed by atoms with Gasteiger partial charge in [0.2, 0.25) is 0 Å².